The van der Waals surface area contributed by atoms with Gasteiger partial charge in [0.15, 0.2) is 0 Å². The molecule has 0 bridgehead atoms. The third-order valence-corrected chi connectivity index (χ3v) is 5.08. The molecular formula is C22H18N2O5S. The minimum absolute atomic E-state index is 0.182. The van der Waals surface area contributed by atoms with Gasteiger partial charge in [-0.3, -0.25) is 19.3 Å². The van der Waals surface area contributed by atoms with Gasteiger partial charge in [-0.25, -0.2) is 0 Å². The molecule has 7 nitrogen and oxygen atoms in total. The van der Waals surface area contributed by atoms with E-state index in [1.54, 1.807) is 49.4 Å². The Morgan fingerprint density at radius 2 is 1.90 bits per heavy atom. The number of esters is 1. The third-order valence-electron chi connectivity index (χ3n) is 4.18. The Kier molecular flexibility index (Phi) is 6.88. The molecule has 3 rings (SSSR count). The van der Waals surface area contributed by atoms with Gasteiger partial charge in [-0.05, 0) is 48.5 Å². The number of rotatable bonds is 7. The first-order valence-electron chi connectivity index (χ1n) is 9.13. The number of carbonyl (C=O) groups excluding carboxylic acids is 3. The van der Waals surface area contributed by atoms with Crippen LogP contribution in [0.1, 0.15) is 23.6 Å². The standard InChI is InChI=1S/C22H18N2O5S/c1-2-28-20(25)13-24-21(26)19(30-22(24)27)11-15-7-9-18(10-8-15)29-14-17-6-4-3-5-16(17)12-23/h3-11H,2,13-14H2,1H3/b19-11-. The first-order valence-corrected chi connectivity index (χ1v) is 9.95. The predicted octanol–water partition coefficient (Wildman–Crippen LogP) is 3.74. The Balaban J connectivity index is 1.64. The molecule has 0 aromatic heterocycles. The molecule has 2 amide bonds. The van der Waals surface area contributed by atoms with Crippen molar-refractivity contribution in [3.8, 4) is 11.8 Å². The lowest BCUT2D eigenvalue weighted by atomic mass is 10.1. The topological polar surface area (TPSA) is 96.7 Å². The van der Waals surface area contributed by atoms with Crippen molar-refractivity contribution >= 4 is 35.0 Å². The largest absolute Gasteiger partial charge is 0.489 e. The highest BCUT2D eigenvalue weighted by Crippen LogP contribution is 2.32. The fraction of sp³-hybridized carbons (Fsp3) is 0.182. The summed E-state index contributed by atoms with van der Waals surface area (Å²) < 4.78 is 10.5. The van der Waals surface area contributed by atoms with Crippen molar-refractivity contribution in [3.05, 3.63) is 70.1 Å². The molecule has 2 aromatic rings. The zero-order chi connectivity index (χ0) is 21.5. The monoisotopic (exact) mass is 422 g/mol. The van der Waals surface area contributed by atoms with Crippen LogP contribution in [-0.2, 0) is 20.9 Å². The molecule has 0 spiro atoms. The van der Waals surface area contributed by atoms with E-state index in [1.165, 1.54) is 0 Å². The first-order chi connectivity index (χ1) is 14.5. The average Bonchev–Trinajstić information content (AvgIpc) is 3.01. The lowest BCUT2D eigenvalue weighted by Gasteiger charge is -2.10. The van der Waals surface area contributed by atoms with E-state index in [2.05, 4.69) is 6.07 Å². The number of nitriles is 1. The number of amides is 2. The summed E-state index contributed by atoms with van der Waals surface area (Å²) in [7, 11) is 0. The molecule has 30 heavy (non-hydrogen) atoms. The summed E-state index contributed by atoms with van der Waals surface area (Å²) in [6, 6.07) is 16.3. The molecule has 0 atom stereocenters. The second-order valence-corrected chi connectivity index (χ2v) is 7.19. The van der Waals surface area contributed by atoms with Crippen LogP contribution in [0.5, 0.6) is 5.75 Å². The predicted molar refractivity (Wildman–Crippen MR) is 111 cm³/mol. The van der Waals surface area contributed by atoms with E-state index in [9.17, 15) is 14.4 Å². The van der Waals surface area contributed by atoms with E-state index >= 15 is 0 Å². The Morgan fingerprint density at radius 1 is 1.17 bits per heavy atom. The molecular weight excluding hydrogens is 404 g/mol. The molecule has 0 saturated carbocycles. The number of thioether (sulfide) groups is 1. The summed E-state index contributed by atoms with van der Waals surface area (Å²) in [5, 5.41) is 8.62. The highest BCUT2D eigenvalue weighted by atomic mass is 32.2. The fourth-order valence-corrected chi connectivity index (χ4v) is 3.54. The average molecular weight is 422 g/mol. The smallest absolute Gasteiger partial charge is 0.326 e. The molecule has 1 saturated heterocycles. The highest BCUT2D eigenvalue weighted by molar-refractivity contribution is 8.18. The van der Waals surface area contributed by atoms with Gasteiger partial charge in [0, 0.05) is 5.56 Å². The zero-order valence-corrected chi connectivity index (χ0v) is 17.0. The number of hydrogen-bond donors (Lipinski definition) is 0. The molecule has 8 heteroatoms. The Bertz CT molecular complexity index is 1040. The van der Waals surface area contributed by atoms with E-state index in [1.807, 2.05) is 12.1 Å². The quantitative estimate of drug-likeness (QED) is 0.495. The highest BCUT2D eigenvalue weighted by Gasteiger charge is 2.36. The number of ether oxygens (including phenoxy) is 2. The molecule has 0 unspecified atom stereocenters. The maximum Gasteiger partial charge on any atom is 0.326 e. The van der Waals surface area contributed by atoms with E-state index in [4.69, 9.17) is 14.7 Å². The van der Waals surface area contributed by atoms with Crippen LogP contribution in [0.15, 0.2) is 53.4 Å². The van der Waals surface area contributed by atoms with Crippen LogP contribution < -0.4 is 4.74 Å². The molecule has 0 N–H and O–H groups in total. The van der Waals surface area contributed by atoms with E-state index < -0.39 is 23.7 Å². The summed E-state index contributed by atoms with van der Waals surface area (Å²) in [5.41, 5.74) is 2.06. The van der Waals surface area contributed by atoms with Crippen LogP contribution >= 0.6 is 11.8 Å². The maximum atomic E-state index is 12.4. The maximum absolute atomic E-state index is 12.4. The molecule has 1 aliphatic heterocycles. The van der Waals surface area contributed by atoms with Gasteiger partial charge in [0.05, 0.1) is 23.1 Å². The lowest BCUT2D eigenvalue weighted by Crippen LogP contribution is -2.34. The van der Waals surface area contributed by atoms with Crippen molar-refractivity contribution < 1.29 is 23.9 Å². The molecule has 0 radical (unpaired) electrons. The van der Waals surface area contributed by atoms with Crippen molar-refractivity contribution in [2.24, 2.45) is 0 Å². The second-order valence-electron chi connectivity index (χ2n) is 6.20. The van der Waals surface area contributed by atoms with Crippen molar-refractivity contribution in [2.75, 3.05) is 13.2 Å². The van der Waals surface area contributed by atoms with Crippen LogP contribution in [0.4, 0.5) is 4.79 Å². The second kappa shape index (κ2) is 9.76. The van der Waals surface area contributed by atoms with Gasteiger partial charge >= 0.3 is 5.97 Å². The van der Waals surface area contributed by atoms with Gasteiger partial charge in [-0.15, -0.1) is 0 Å². The van der Waals surface area contributed by atoms with Crippen molar-refractivity contribution in [1.82, 2.24) is 4.90 Å². The SMILES string of the molecule is CCOC(=O)CN1C(=O)S/C(=C\c2ccc(OCc3ccccc3C#N)cc2)C1=O. The van der Waals surface area contributed by atoms with Gasteiger partial charge in [0.1, 0.15) is 18.9 Å². The zero-order valence-electron chi connectivity index (χ0n) is 16.2. The number of imide groups is 1. The third kappa shape index (κ3) is 5.07. The van der Waals surface area contributed by atoms with Gasteiger partial charge in [0.25, 0.3) is 11.1 Å². The van der Waals surface area contributed by atoms with Crippen LogP contribution in [0.2, 0.25) is 0 Å². The van der Waals surface area contributed by atoms with E-state index in [0.717, 1.165) is 22.2 Å². The molecule has 0 aliphatic carbocycles. The molecule has 2 aromatic carbocycles. The number of carbonyl (C=O) groups is 3. The van der Waals surface area contributed by atoms with Gasteiger partial charge in [0.2, 0.25) is 0 Å². The summed E-state index contributed by atoms with van der Waals surface area (Å²) in [4.78, 5) is 37.1. The van der Waals surface area contributed by atoms with Gasteiger partial charge < -0.3 is 9.47 Å². The molecule has 1 aliphatic rings. The summed E-state index contributed by atoms with van der Waals surface area (Å²) in [6.07, 6.45) is 1.59. The van der Waals surface area contributed by atoms with E-state index in [0.29, 0.717) is 16.9 Å². The lowest BCUT2D eigenvalue weighted by molar-refractivity contribution is -0.145. The number of benzene rings is 2. The minimum atomic E-state index is -0.625. The Hall–Kier alpha value is -3.57. The van der Waals surface area contributed by atoms with Gasteiger partial charge in [-0.1, -0.05) is 30.3 Å². The molecule has 1 fully saturated rings. The Labute approximate surface area is 177 Å². The van der Waals surface area contributed by atoms with Crippen molar-refractivity contribution in [1.29, 1.82) is 5.26 Å². The summed E-state index contributed by atoms with van der Waals surface area (Å²) >= 11 is 0.781. The van der Waals surface area contributed by atoms with Crippen molar-refractivity contribution in [3.63, 3.8) is 0 Å². The first kappa shape index (κ1) is 21.1. The van der Waals surface area contributed by atoms with E-state index in [-0.39, 0.29) is 18.1 Å². The molecule has 1 heterocycles. The van der Waals surface area contributed by atoms with Gasteiger partial charge in [-0.2, -0.15) is 5.26 Å². The minimum Gasteiger partial charge on any atom is -0.489 e. The van der Waals surface area contributed by atoms with Crippen LogP contribution in [0, 0.1) is 11.3 Å². The van der Waals surface area contributed by atoms with Crippen LogP contribution in [0.25, 0.3) is 6.08 Å². The van der Waals surface area contributed by atoms with Crippen molar-refractivity contribution in [2.45, 2.75) is 13.5 Å². The fourth-order valence-electron chi connectivity index (χ4n) is 2.70. The van der Waals surface area contributed by atoms with Crippen LogP contribution in [0.3, 0.4) is 0 Å². The Morgan fingerprint density at radius 3 is 2.60 bits per heavy atom. The normalized spacial score (nSPS) is 14.7. The summed E-state index contributed by atoms with van der Waals surface area (Å²) in [5.74, 6) is -0.540. The van der Waals surface area contributed by atoms with Crippen LogP contribution in [-0.4, -0.2) is 35.2 Å². The number of nitrogens with zero attached hydrogens (tertiary/aromatic N) is 2. The molecule has 152 valence electrons. The summed E-state index contributed by atoms with van der Waals surface area (Å²) in [6.45, 7) is 1.70. The number of hydrogen-bond acceptors (Lipinski definition) is 7.